The number of hydrogen-bond donors (Lipinski definition) is 0. The SMILES string of the molecule is COc1cccc(-c2nc(CN3CCC(Cc4ccccc4)CC3)cs2)c1OC. The van der Waals surface area contributed by atoms with Crippen LogP contribution in [0.15, 0.2) is 53.9 Å². The maximum atomic E-state index is 5.57. The lowest BCUT2D eigenvalue weighted by atomic mass is 9.90. The van der Waals surface area contributed by atoms with E-state index in [-0.39, 0.29) is 0 Å². The molecule has 5 heteroatoms. The monoisotopic (exact) mass is 408 g/mol. The van der Waals surface area contributed by atoms with E-state index in [1.54, 1.807) is 25.6 Å². The molecule has 1 saturated heterocycles. The van der Waals surface area contributed by atoms with Gasteiger partial charge in [0.05, 0.1) is 25.5 Å². The zero-order valence-corrected chi connectivity index (χ0v) is 18.0. The van der Waals surface area contributed by atoms with Crippen LogP contribution in [0.4, 0.5) is 0 Å². The molecule has 0 radical (unpaired) electrons. The molecule has 0 unspecified atom stereocenters. The Morgan fingerprint density at radius 1 is 1.00 bits per heavy atom. The number of methoxy groups -OCH3 is 2. The molecule has 3 aromatic rings. The van der Waals surface area contributed by atoms with Gasteiger partial charge in [-0.05, 0) is 56.0 Å². The molecule has 2 aromatic carbocycles. The third kappa shape index (κ3) is 4.80. The predicted molar refractivity (Wildman–Crippen MR) is 119 cm³/mol. The molecule has 0 N–H and O–H groups in total. The van der Waals surface area contributed by atoms with Crippen molar-refractivity contribution in [2.24, 2.45) is 5.92 Å². The van der Waals surface area contributed by atoms with E-state index >= 15 is 0 Å². The molecule has 0 aliphatic carbocycles. The van der Waals surface area contributed by atoms with Crippen LogP contribution >= 0.6 is 11.3 Å². The second kappa shape index (κ2) is 9.42. The Bertz CT molecular complexity index is 918. The number of hydrogen-bond acceptors (Lipinski definition) is 5. The van der Waals surface area contributed by atoms with Gasteiger partial charge >= 0.3 is 0 Å². The lowest BCUT2D eigenvalue weighted by Crippen LogP contribution is -2.33. The number of piperidine rings is 1. The largest absolute Gasteiger partial charge is 0.493 e. The molecule has 0 bridgehead atoms. The average Bonchev–Trinajstić information content (AvgIpc) is 3.23. The highest BCUT2D eigenvalue weighted by Crippen LogP contribution is 2.39. The molecule has 4 rings (SSSR count). The minimum atomic E-state index is 0.738. The van der Waals surface area contributed by atoms with Gasteiger partial charge in [-0.25, -0.2) is 4.98 Å². The maximum absolute atomic E-state index is 5.57. The van der Waals surface area contributed by atoms with Crippen LogP contribution in [0.1, 0.15) is 24.1 Å². The highest BCUT2D eigenvalue weighted by atomic mass is 32.1. The van der Waals surface area contributed by atoms with Crippen LogP contribution in [0.2, 0.25) is 0 Å². The Kier molecular flexibility index (Phi) is 6.47. The quantitative estimate of drug-likeness (QED) is 0.533. The molecule has 152 valence electrons. The van der Waals surface area contributed by atoms with Crippen molar-refractivity contribution in [3.05, 3.63) is 65.2 Å². The number of aromatic nitrogens is 1. The minimum absolute atomic E-state index is 0.738. The van der Waals surface area contributed by atoms with E-state index in [9.17, 15) is 0 Å². The molecule has 0 saturated carbocycles. The van der Waals surface area contributed by atoms with Crippen LogP contribution in [0, 0.1) is 5.92 Å². The standard InChI is InChI=1S/C24H28N2O2S/c1-27-22-10-6-9-21(23(22)28-2)24-25-20(17-29-24)16-26-13-11-19(12-14-26)15-18-7-4-3-5-8-18/h3-10,17,19H,11-16H2,1-2H3. The zero-order valence-electron chi connectivity index (χ0n) is 17.1. The molecule has 0 spiro atoms. The van der Waals surface area contributed by atoms with Gasteiger partial charge in [-0.1, -0.05) is 36.4 Å². The average molecular weight is 409 g/mol. The van der Waals surface area contributed by atoms with Crippen molar-refractivity contribution in [1.29, 1.82) is 0 Å². The minimum Gasteiger partial charge on any atom is -0.493 e. The Morgan fingerprint density at radius 3 is 2.52 bits per heavy atom. The number of likely N-dealkylation sites (tertiary alicyclic amines) is 1. The van der Waals surface area contributed by atoms with E-state index < -0.39 is 0 Å². The summed E-state index contributed by atoms with van der Waals surface area (Å²) < 4.78 is 11.0. The second-order valence-corrected chi connectivity index (χ2v) is 8.45. The lowest BCUT2D eigenvalue weighted by molar-refractivity contribution is 0.175. The fourth-order valence-electron chi connectivity index (χ4n) is 4.08. The van der Waals surface area contributed by atoms with Gasteiger partial charge in [0.1, 0.15) is 5.01 Å². The summed E-state index contributed by atoms with van der Waals surface area (Å²) in [6.45, 7) is 3.21. The van der Waals surface area contributed by atoms with E-state index in [1.807, 2.05) is 18.2 Å². The van der Waals surface area contributed by atoms with Crippen LogP contribution in [-0.4, -0.2) is 37.2 Å². The first kappa shape index (κ1) is 19.9. The number of ether oxygens (including phenoxy) is 2. The summed E-state index contributed by atoms with van der Waals surface area (Å²) in [5.41, 5.74) is 3.59. The molecule has 1 aliphatic heterocycles. The highest BCUT2D eigenvalue weighted by Gasteiger charge is 2.21. The fourth-order valence-corrected chi connectivity index (χ4v) is 4.92. The molecule has 4 nitrogen and oxygen atoms in total. The van der Waals surface area contributed by atoms with E-state index in [4.69, 9.17) is 14.5 Å². The van der Waals surface area contributed by atoms with Gasteiger partial charge in [0.25, 0.3) is 0 Å². The molecule has 1 aromatic heterocycles. The van der Waals surface area contributed by atoms with E-state index in [0.29, 0.717) is 0 Å². The van der Waals surface area contributed by atoms with E-state index in [1.165, 1.54) is 24.8 Å². The lowest BCUT2D eigenvalue weighted by Gasteiger charge is -2.31. The molecule has 29 heavy (non-hydrogen) atoms. The predicted octanol–water partition coefficient (Wildman–Crippen LogP) is 5.28. The first-order valence-corrected chi connectivity index (χ1v) is 11.1. The summed E-state index contributed by atoms with van der Waals surface area (Å²) in [6, 6.07) is 16.8. The van der Waals surface area contributed by atoms with Gasteiger partial charge in [0.15, 0.2) is 11.5 Å². The molecular formula is C24H28N2O2S. The number of thiazole rings is 1. The van der Waals surface area contributed by atoms with Crippen molar-refractivity contribution < 1.29 is 9.47 Å². The molecule has 2 heterocycles. The van der Waals surface area contributed by atoms with Gasteiger partial charge in [-0.3, -0.25) is 4.90 Å². The number of benzene rings is 2. The first-order valence-electron chi connectivity index (χ1n) is 10.2. The Morgan fingerprint density at radius 2 is 1.79 bits per heavy atom. The van der Waals surface area contributed by atoms with E-state index in [2.05, 4.69) is 40.6 Å². The highest BCUT2D eigenvalue weighted by molar-refractivity contribution is 7.13. The van der Waals surface area contributed by atoms with Crippen LogP contribution in [0.5, 0.6) is 11.5 Å². The Hall–Kier alpha value is -2.37. The normalized spacial score (nSPS) is 15.4. The second-order valence-electron chi connectivity index (χ2n) is 7.59. The molecule has 0 atom stereocenters. The van der Waals surface area contributed by atoms with Crippen LogP contribution in [-0.2, 0) is 13.0 Å². The van der Waals surface area contributed by atoms with Crippen molar-refractivity contribution >= 4 is 11.3 Å². The van der Waals surface area contributed by atoms with Crippen LogP contribution in [0.3, 0.4) is 0 Å². The summed E-state index contributed by atoms with van der Waals surface area (Å²) in [5, 5.41) is 3.15. The van der Waals surface area contributed by atoms with Gasteiger partial charge < -0.3 is 9.47 Å². The van der Waals surface area contributed by atoms with Crippen LogP contribution < -0.4 is 9.47 Å². The number of nitrogens with zero attached hydrogens (tertiary/aromatic N) is 2. The number of rotatable bonds is 7. The zero-order chi connectivity index (χ0) is 20.1. The van der Waals surface area contributed by atoms with Crippen molar-refractivity contribution in [3.8, 4) is 22.1 Å². The van der Waals surface area contributed by atoms with Crippen LogP contribution in [0.25, 0.3) is 10.6 Å². The maximum Gasteiger partial charge on any atom is 0.170 e. The molecule has 1 fully saturated rings. The Balaban J connectivity index is 1.36. The summed E-state index contributed by atoms with van der Waals surface area (Å²) in [5.74, 6) is 2.28. The topological polar surface area (TPSA) is 34.6 Å². The van der Waals surface area contributed by atoms with Gasteiger partial charge in [0, 0.05) is 11.9 Å². The van der Waals surface area contributed by atoms with Gasteiger partial charge in [0.2, 0.25) is 0 Å². The summed E-state index contributed by atoms with van der Waals surface area (Å²) in [7, 11) is 3.34. The van der Waals surface area contributed by atoms with E-state index in [0.717, 1.165) is 53.3 Å². The summed E-state index contributed by atoms with van der Waals surface area (Å²) in [4.78, 5) is 7.42. The first-order chi connectivity index (χ1) is 14.3. The molecular weight excluding hydrogens is 380 g/mol. The fraction of sp³-hybridized carbons (Fsp3) is 0.375. The molecule has 0 amide bonds. The third-order valence-corrected chi connectivity index (χ3v) is 6.57. The van der Waals surface area contributed by atoms with Gasteiger partial charge in [-0.15, -0.1) is 11.3 Å². The Labute approximate surface area is 177 Å². The van der Waals surface area contributed by atoms with Crippen molar-refractivity contribution in [2.75, 3.05) is 27.3 Å². The van der Waals surface area contributed by atoms with Crippen molar-refractivity contribution in [1.82, 2.24) is 9.88 Å². The summed E-state index contributed by atoms with van der Waals surface area (Å²) >= 11 is 1.67. The summed E-state index contributed by atoms with van der Waals surface area (Å²) in [6.07, 6.45) is 3.72. The van der Waals surface area contributed by atoms with Crippen molar-refractivity contribution in [2.45, 2.75) is 25.8 Å². The number of para-hydroxylation sites is 1. The molecule has 1 aliphatic rings. The van der Waals surface area contributed by atoms with Crippen molar-refractivity contribution in [3.63, 3.8) is 0 Å². The van der Waals surface area contributed by atoms with Gasteiger partial charge in [-0.2, -0.15) is 0 Å². The third-order valence-electron chi connectivity index (χ3n) is 5.65. The smallest absolute Gasteiger partial charge is 0.170 e.